The van der Waals surface area contributed by atoms with Gasteiger partial charge in [0.2, 0.25) is 0 Å². The first-order valence-electron chi connectivity index (χ1n) is 9.76. The molecule has 0 radical (unpaired) electrons. The minimum absolute atomic E-state index is 0.0532. The summed E-state index contributed by atoms with van der Waals surface area (Å²) in [4.78, 5) is 30.1. The second-order valence-corrected chi connectivity index (χ2v) is 7.93. The number of cyclic esters (lactones) is 1. The molecule has 31 heavy (non-hydrogen) atoms. The average Bonchev–Trinajstić information content (AvgIpc) is 3.13. The Hall–Kier alpha value is -2.97. The Balaban J connectivity index is 1.83. The minimum Gasteiger partial charge on any atom is -0.494 e. The largest absolute Gasteiger partial charge is 0.494 e. The summed E-state index contributed by atoms with van der Waals surface area (Å²) in [5.41, 5.74) is 0.957. The number of nitrogens with zero attached hydrogens (tertiary/aromatic N) is 2. The Morgan fingerprint density at radius 2 is 2.10 bits per heavy atom. The van der Waals surface area contributed by atoms with E-state index in [2.05, 4.69) is 4.98 Å². The molecule has 2 aliphatic heterocycles. The zero-order valence-corrected chi connectivity index (χ0v) is 17.5. The fraction of sp³-hybridized carbons (Fsp3) is 0.318. The number of rotatable bonds is 3. The van der Waals surface area contributed by atoms with Crippen molar-refractivity contribution in [3.63, 3.8) is 0 Å². The molecule has 0 saturated heterocycles. The highest BCUT2D eigenvalue weighted by atomic mass is 35.5. The predicted molar refractivity (Wildman–Crippen MR) is 111 cm³/mol. The lowest BCUT2D eigenvalue weighted by molar-refractivity contribution is -0.172. The van der Waals surface area contributed by atoms with Gasteiger partial charge in [-0.1, -0.05) is 6.92 Å². The van der Waals surface area contributed by atoms with Crippen LogP contribution in [-0.2, 0) is 34.2 Å². The van der Waals surface area contributed by atoms with Crippen molar-refractivity contribution in [3.8, 4) is 17.1 Å². The molecular formula is C22H18ClFN2O5. The van der Waals surface area contributed by atoms with Crippen LogP contribution in [0.2, 0.25) is 0 Å². The summed E-state index contributed by atoms with van der Waals surface area (Å²) in [5, 5.41) is 11.6. The normalized spacial score (nSPS) is 19.1. The van der Waals surface area contributed by atoms with Crippen molar-refractivity contribution in [2.45, 2.75) is 38.0 Å². The van der Waals surface area contributed by atoms with Gasteiger partial charge in [0.25, 0.3) is 5.56 Å². The van der Waals surface area contributed by atoms with Crippen molar-refractivity contribution in [1.29, 1.82) is 0 Å². The smallest absolute Gasteiger partial charge is 0.343 e. The standard InChI is InChI=1S/C22H18ClFN2O5/c1-3-22(29)14-5-17-19-12(8-26(17)20(27)13(14)9-31-21(22)28)11(7-23)10-4-18(30-2)15(24)6-16(10)25-19/h4-6,29H,3,7-9H2,1-2H3/t22-/m0/s1. The fourth-order valence-electron chi connectivity index (χ4n) is 4.47. The third-order valence-electron chi connectivity index (χ3n) is 6.21. The maximum absolute atomic E-state index is 14.3. The molecule has 2 aromatic heterocycles. The van der Waals surface area contributed by atoms with E-state index < -0.39 is 17.4 Å². The van der Waals surface area contributed by atoms with E-state index >= 15 is 0 Å². The molecule has 4 heterocycles. The van der Waals surface area contributed by atoms with Gasteiger partial charge in [0.05, 0.1) is 36.1 Å². The van der Waals surface area contributed by atoms with Crippen molar-refractivity contribution in [1.82, 2.24) is 9.55 Å². The van der Waals surface area contributed by atoms with Crippen LogP contribution < -0.4 is 10.3 Å². The van der Waals surface area contributed by atoms with Gasteiger partial charge in [-0.15, -0.1) is 11.6 Å². The molecule has 0 aliphatic carbocycles. The third kappa shape index (κ3) is 2.58. The number of hydrogen-bond donors (Lipinski definition) is 1. The molecule has 5 rings (SSSR count). The first-order chi connectivity index (χ1) is 14.8. The molecule has 160 valence electrons. The Bertz CT molecular complexity index is 1350. The van der Waals surface area contributed by atoms with Gasteiger partial charge in [0.15, 0.2) is 17.2 Å². The molecule has 2 aliphatic rings. The SMILES string of the molecule is CC[C@@]1(O)C(=O)OCc2c1cc1n(c2=O)Cc2c-1nc1cc(F)c(OC)cc1c2CCl. The molecule has 9 heteroatoms. The summed E-state index contributed by atoms with van der Waals surface area (Å²) < 4.78 is 26.0. The van der Waals surface area contributed by atoms with Gasteiger partial charge in [-0.25, -0.2) is 14.2 Å². The van der Waals surface area contributed by atoms with E-state index in [-0.39, 0.29) is 47.9 Å². The van der Waals surface area contributed by atoms with Crippen LogP contribution in [0.5, 0.6) is 5.75 Å². The van der Waals surface area contributed by atoms with Gasteiger partial charge in [-0.3, -0.25) is 4.79 Å². The van der Waals surface area contributed by atoms with Gasteiger partial charge in [0.1, 0.15) is 6.61 Å². The van der Waals surface area contributed by atoms with Crippen LogP contribution in [0.1, 0.15) is 35.6 Å². The number of methoxy groups -OCH3 is 1. The summed E-state index contributed by atoms with van der Waals surface area (Å²) in [7, 11) is 1.38. The number of pyridine rings is 2. The Morgan fingerprint density at radius 3 is 2.77 bits per heavy atom. The van der Waals surface area contributed by atoms with Gasteiger partial charge < -0.3 is 19.1 Å². The summed E-state index contributed by atoms with van der Waals surface area (Å²) in [6.45, 7) is 1.66. The molecule has 3 aromatic rings. The predicted octanol–water partition coefficient (Wildman–Crippen LogP) is 2.97. The Morgan fingerprint density at radius 1 is 1.32 bits per heavy atom. The number of aliphatic hydroxyl groups is 1. The van der Waals surface area contributed by atoms with Gasteiger partial charge in [-0.05, 0) is 24.1 Å². The van der Waals surface area contributed by atoms with Crippen LogP contribution in [0.3, 0.4) is 0 Å². The van der Waals surface area contributed by atoms with E-state index in [9.17, 15) is 19.1 Å². The quantitative estimate of drug-likeness (QED) is 0.386. The van der Waals surface area contributed by atoms with E-state index in [1.54, 1.807) is 19.1 Å². The summed E-state index contributed by atoms with van der Waals surface area (Å²) in [5.74, 6) is -1.15. The molecule has 1 N–H and O–H groups in total. The highest BCUT2D eigenvalue weighted by Crippen LogP contribution is 2.41. The maximum Gasteiger partial charge on any atom is 0.343 e. The van der Waals surface area contributed by atoms with Crippen molar-refractivity contribution in [2.75, 3.05) is 7.11 Å². The number of alkyl halides is 1. The number of fused-ring (bicyclic) bond motifs is 5. The number of aromatic nitrogens is 2. The molecule has 0 bridgehead atoms. The van der Waals surface area contributed by atoms with Crippen molar-refractivity contribution in [3.05, 3.63) is 56.6 Å². The van der Waals surface area contributed by atoms with Crippen LogP contribution in [0.4, 0.5) is 4.39 Å². The number of benzene rings is 1. The van der Waals surface area contributed by atoms with E-state index in [0.717, 1.165) is 11.1 Å². The second kappa shape index (κ2) is 6.77. The molecule has 1 aromatic carbocycles. The van der Waals surface area contributed by atoms with E-state index in [1.165, 1.54) is 17.7 Å². The van der Waals surface area contributed by atoms with Gasteiger partial charge in [-0.2, -0.15) is 0 Å². The zero-order chi connectivity index (χ0) is 22.1. The Labute approximate surface area is 181 Å². The van der Waals surface area contributed by atoms with Crippen LogP contribution in [0, 0.1) is 5.82 Å². The molecule has 0 saturated carbocycles. The second-order valence-electron chi connectivity index (χ2n) is 7.66. The lowest BCUT2D eigenvalue weighted by Crippen LogP contribution is -2.44. The molecular weight excluding hydrogens is 427 g/mol. The highest BCUT2D eigenvalue weighted by molar-refractivity contribution is 6.18. The number of carbonyl (C=O) groups is 1. The molecule has 0 unspecified atom stereocenters. The first-order valence-corrected chi connectivity index (χ1v) is 10.3. The monoisotopic (exact) mass is 444 g/mol. The highest BCUT2D eigenvalue weighted by Gasteiger charge is 2.45. The number of esters is 1. The Kier molecular flexibility index (Phi) is 4.36. The molecule has 0 amide bonds. The molecule has 7 nitrogen and oxygen atoms in total. The van der Waals surface area contributed by atoms with E-state index in [4.69, 9.17) is 21.1 Å². The van der Waals surface area contributed by atoms with Crippen molar-refractivity contribution >= 4 is 28.5 Å². The summed E-state index contributed by atoms with van der Waals surface area (Å²) in [6, 6.07) is 4.43. The van der Waals surface area contributed by atoms with E-state index in [1.807, 2.05) is 0 Å². The minimum atomic E-state index is -1.91. The molecule has 1 atom stereocenters. The molecule has 0 spiro atoms. The lowest BCUT2D eigenvalue weighted by atomic mass is 9.86. The number of hydrogen-bond acceptors (Lipinski definition) is 6. The van der Waals surface area contributed by atoms with E-state index in [0.29, 0.717) is 22.3 Å². The lowest BCUT2D eigenvalue weighted by Gasteiger charge is -2.31. The summed E-state index contributed by atoms with van der Waals surface area (Å²) >= 11 is 6.27. The topological polar surface area (TPSA) is 90.7 Å². The summed E-state index contributed by atoms with van der Waals surface area (Å²) in [6.07, 6.45) is 0.0532. The number of carbonyl (C=O) groups excluding carboxylic acids is 1. The van der Waals surface area contributed by atoms with Gasteiger partial charge in [0, 0.05) is 28.5 Å². The third-order valence-corrected chi connectivity index (χ3v) is 6.48. The number of halogens is 2. The number of ether oxygens (including phenoxy) is 2. The van der Waals surface area contributed by atoms with Crippen LogP contribution in [0.15, 0.2) is 23.0 Å². The van der Waals surface area contributed by atoms with Crippen LogP contribution in [0.25, 0.3) is 22.3 Å². The zero-order valence-electron chi connectivity index (χ0n) is 16.8. The van der Waals surface area contributed by atoms with Crippen molar-refractivity contribution < 1.29 is 23.8 Å². The van der Waals surface area contributed by atoms with Crippen LogP contribution in [-0.4, -0.2) is 27.7 Å². The maximum atomic E-state index is 14.3. The van der Waals surface area contributed by atoms with Gasteiger partial charge >= 0.3 is 5.97 Å². The molecule has 0 fully saturated rings. The average molecular weight is 445 g/mol. The fourth-order valence-corrected chi connectivity index (χ4v) is 4.78. The first kappa shape index (κ1) is 20.0. The van der Waals surface area contributed by atoms with Crippen LogP contribution >= 0.6 is 11.6 Å². The van der Waals surface area contributed by atoms with Crippen molar-refractivity contribution in [2.24, 2.45) is 0 Å².